The summed E-state index contributed by atoms with van der Waals surface area (Å²) in [5.41, 5.74) is 2.16. The molecule has 47 heavy (non-hydrogen) atoms. The minimum atomic E-state index is -0.555. The Bertz CT molecular complexity index is 1980. The van der Waals surface area contributed by atoms with E-state index in [0.717, 1.165) is 27.9 Å². The van der Waals surface area contributed by atoms with Crippen molar-refractivity contribution < 1.29 is 23.3 Å². The lowest BCUT2D eigenvalue weighted by Gasteiger charge is -2.22. The van der Waals surface area contributed by atoms with Gasteiger partial charge in [-0.1, -0.05) is 36.0 Å². The average Bonchev–Trinajstić information content (AvgIpc) is 3.84. The first-order valence-electron chi connectivity index (χ1n) is 14.2. The molecule has 0 radical (unpaired) electrons. The number of rotatable bonds is 10. The first-order chi connectivity index (χ1) is 22.7. The topological polar surface area (TPSA) is 136 Å². The summed E-state index contributed by atoms with van der Waals surface area (Å²) in [5.74, 6) is -1.51. The van der Waals surface area contributed by atoms with E-state index in [2.05, 4.69) is 20.6 Å². The van der Waals surface area contributed by atoms with Gasteiger partial charge in [0.2, 0.25) is 0 Å². The zero-order valence-electron chi connectivity index (χ0n) is 24.7. The molecule has 1 atom stereocenters. The second-order valence-electron chi connectivity index (χ2n) is 10.4. The Balaban J connectivity index is 1.24. The van der Waals surface area contributed by atoms with E-state index in [-0.39, 0.29) is 46.7 Å². The van der Waals surface area contributed by atoms with Gasteiger partial charge >= 0.3 is 0 Å². The van der Waals surface area contributed by atoms with E-state index < -0.39 is 22.7 Å². The van der Waals surface area contributed by atoms with Gasteiger partial charge in [-0.05, 0) is 66.4 Å². The van der Waals surface area contributed by atoms with Crippen LogP contribution in [0.25, 0.3) is 5.69 Å². The molecule has 1 N–H and O–H groups in total. The Kier molecular flexibility index (Phi) is 9.17. The third-order valence-electron chi connectivity index (χ3n) is 7.49. The van der Waals surface area contributed by atoms with Crippen LogP contribution in [0.5, 0.6) is 0 Å². The number of hydrazone groups is 1. The number of nitrogens with one attached hydrogen (secondary N) is 1. The van der Waals surface area contributed by atoms with Crippen molar-refractivity contribution in [3.8, 4) is 5.69 Å². The molecule has 5 aromatic rings. The number of thiophene rings is 1. The molecule has 2 amide bonds. The number of thioether (sulfide) groups is 1. The lowest BCUT2D eigenvalue weighted by Crippen LogP contribution is -2.28. The van der Waals surface area contributed by atoms with Crippen LogP contribution in [0.15, 0.2) is 94.5 Å². The van der Waals surface area contributed by atoms with E-state index in [1.54, 1.807) is 16.7 Å². The summed E-state index contributed by atoms with van der Waals surface area (Å²) >= 11 is 2.60. The third-order valence-corrected chi connectivity index (χ3v) is 9.32. The van der Waals surface area contributed by atoms with Gasteiger partial charge in [0.15, 0.2) is 11.0 Å². The number of hydrogen-bond acceptors (Lipinski definition) is 9. The zero-order valence-corrected chi connectivity index (χ0v) is 26.3. The van der Waals surface area contributed by atoms with E-state index in [1.165, 1.54) is 77.9 Å². The molecule has 0 aliphatic carbocycles. The van der Waals surface area contributed by atoms with Crippen LogP contribution in [-0.4, -0.2) is 48.0 Å². The number of hydrogen-bond donors (Lipinski definition) is 1. The quantitative estimate of drug-likeness (QED) is 0.106. The third kappa shape index (κ3) is 6.80. The maximum Gasteiger partial charge on any atom is 0.273 e. The Morgan fingerprint density at radius 1 is 1.02 bits per heavy atom. The van der Waals surface area contributed by atoms with Crippen molar-refractivity contribution >= 4 is 46.3 Å². The Labute approximate surface area is 275 Å². The van der Waals surface area contributed by atoms with Gasteiger partial charge in [-0.25, -0.2) is 13.8 Å². The summed E-state index contributed by atoms with van der Waals surface area (Å²) in [6, 6.07) is 19.2. The van der Waals surface area contributed by atoms with Gasteiger partial charge in [0.05, 0.1) is 33.9 Å². The van der Waals surface area contributed by atoms with Gasteiger partial charge in [0.1, 0.15) is 11.6 Å². The van der Waals surface area contributed by atoms with Crippen LogP contribution in [-0.2, 0) is 11.3 Å². The van der Waals surface area contributed by atoms with Gasteiger partial charge in [-0.2, -0.15) is 5.10 Å². The summed E-state index contributed by atoms with van der Waals surface area (Å²) in [7, 11) is 0. The zero-order chi connectivity index (χ0) is 33.1. The Hall–Kier alpha value is -5.28. The number of halogens is 2. The standard InChI is InChI=1S/C32H25F2N7O4S2/c1-19-24(4-2-5-26(19)41(44)45)31(43)35-17-29-36-37-32(39(29)23-13-11-22(34)12-14-23)47-18-30(42)40-27(20-7-9-21(33)10-8-20)16-25(38-40)28-6-3-15-46-28/h2-15,27H,16-18H2,1H3,(H,35,43). The second kappa shape index (κ2) is 13.6. The lowest BCUT2D eigenvalue weighted by atomic mass is 10.0. The molecule has 2 aromatic heterocycles. The largest absolute Gasteiger partial charge is 0.345 e. The van der Waals surface area contributed by atoms with Crippen molar-refractivity contribution in [1.82, 2.24) is 25.1 Å². The van der Waals surface area contributed by atoms with E-state index in [0.29, 0.717) is 17.3 Å². The SMILES string of the molecule is Cc1c(C(=O)NCc2nnc(SCC(=O)N3N=C(c4cccs4)CC3c3ccc(F)cc3)n2-c2ccc(F)cc2)cccc1[N+](=O)[O-]. The van der Waals surface area contributed by atoms with Crippen LogP contribution in [0, 0.1) is 28.7 Å². The Morgan fingerprint density at radius 3 is 2.43 bits per heavy atom. The number of nitro groups is 1. The van der Waals surface area contributed by atoms with Crippen LogP contribution in [0.3, 0.4) is 0 Å². The first-order valence-corrected chi connectivity index (χ1v) is 16.1. The van der Waals surface area contributed by atoms with Crippen LogP contribution in [0.1, 0.15) is 44.6 Å². The number of nitrogens with zero attached hydrogens (tertiary/aromatic N) is 6. The number of amides is 2. The van der Waals surface area contributed by atoms with Crippen molar-refractivity contribution in [1.29, 1.82) is 0 Å². The van der Waals surface area contributed by atoms with Gasteiger partial charge in [0.25, 0.3) is 17.5 Å². The molecular weight excluding hydrogens is 649 g/mol. The highest BCUT2D eigenvalue weighted by Crippen LogP contribution is 2.35. The fourth-order valence-corrected chi connectivity index (χ4v) is 6.69. The van der Waals surface area contributed by atoms with E-state index in [9.17, 15) is 28.5 Å². The van der Waals surface area contributed by atoms with Crippen molar-refractivity contribution in [3.63, 3.8) is 0 Å². The minimum absolute atomic E-state index is 0.0858. The normalized spacial score (nSPS) is 14.2. The number of aromatic nitrogens is 3. The predicted octanol–water partition coefficient (Wildman–Crippen LogP) is 6.22. The molecule has 0 spiro atoms. The van der Waals surface area contributed by atoms with Crippen molar-refractivity contribution in [2.45, 2.75) is 31.1 Å². The smallest absolute Gasteiger partial charge is 0.273 e. The molecule has 11 nitrogen and oxygen atoms in total. The molecular formula is C32H25F2N7O4S2. The summed E-state index contributed by atoms with van der Waals surface area (Å²) in [5, 5.41) is 30.9. The monoisotopic (exact) mass is 673 g/mol. The van der Waals surface area contributed by atoms with Gasteiger partial charge in [0, 0.05) is 29.3 Å². The molecule has 1 aliphatic heterocycles. The number of carbonyl (C=O) groups excluding carboxylic acids is 2. The van der Waals surface area contributed by atoms with E-state index in [1.807, 2.05) is 17.5 Å². The molecule has 3 heterocycles. The highest BCUT2D eigenvalue weighted by Gasteiger charge is 2.34. The van der Waals surface area contributed by atoms with Gasteiger partial charge in [-0.3, -0.25) is 24.3 Å². The lowest BCUT2D eigenvalue weighted by molar-refractivity contribution is -0.385. The summed E-state index contributed by atoms with van der Waals surface area (Å²) < 4.78 is 29.1. The van der Waals surface area contributed by atoms with Gasteiger partial charge in [-0.15, -0.1) is 21.5 Å². The molecule has 1 aliphatic rings. The van der Waals surface area contributed by atoms with E-state index >= 15 is 0 Å². The molecule has 6 rings (SSSR count). The maximum atomic E-state index is 13.8. The van der Waals surface area contributed by atoms with Crippen molar-refractivity contribution in [2.75, 3.05) is 5.75 Å². The van der Waals surface area contributed by atoms with Crippen molar-refractivity contribution in [3.05, 3.63) is 133 Å². The summed E-state index contributed by atoms with van der Waals surface area (Å²) in [4.78, 5) is 38.4. The minimum Gasteiger partial charge on any atom is -0.345 e. The molecule has 0 fully saturated rings. The fraction of sp³-hybridized carbons (Fsp3) is 0.156. The fourth-order valence-electron chi connectivity index (χ4n) is 5.15. The molecule has 0 bridgehead atoms. The molecule has 15 heteroatoms. The predicted molar refractivity (Wildman–Crippen MR) is 173 cm³/mol. The molecule has 0 saturated carbocycles. The molecule has 0 saturated heterocycles. The molecule has 3 aromatic carbocycles. The molecule has 238 valence electrons. The number of carbonyl (C=O) groups is 2. The van der Waals surface area contributed by atoms with E-state index in [4.69, 9.17) is 0 Å². The average molecular weight is 674 g/mol. The summed E-state index contributed by atoms with van der Waals surface area (Å²) in [6.45, 7) is 1.38. The van der Waals surface area contributed by atoms with Crippen LogP contribution in [0.4, 0.5) is 14.5 Å². The second-order valence-corrected chi connectivity index (χ2v) is 12.3. The van der Waals surface area contributed by atoms with Crippen LogP contribution < -0.4 is 5.32 Å². The van der Waals surface area contributed by atoms with Crippen LogP contribution in [0.2, 0.25) is 0 Å². The maximum absolute atomic E-state index is 13.8. The number of nitro benzene ring substituents is 1. The number of benzene rings is 3. The van der Waals surface area contributed by atoms with Crippen LogP contribution >= 0.6 is 23.1 Å². The first kappa shape index (κ1) is 31.7. The Morgan fingerprint density at radius 2 is 1.74 bits per heavy atom. The highest BCUT2D eigenvalue weighted by molar-refractivity contribution is 7.99. The highest BCUT2D eigenvalue weighted by atomic mass is 32.2. The molecule has 1 unspecified atom stereocenters. The van der Waals surface area contributed by atoms with Gasteiger partial charge < -0.3 is 5.32 Å². The summed E-state index contributed by atoms with van der Waals surface area (Å²) in [6.07, 6.45) is 0.461. The van der Waals surface area contributed by atoms with Crippen molar-refractivity contribution in [2.24, 2.45) is 5.10 Å².